The van der Waals surface area contributed by atoms with Crippen molar-refractivity contribution in [3.8, 4) is 0 Å². The molecule has 1 aromatic carbocycles. The van der Waals surface area contributed by atoms with E-state index in [0.29, 0.717) is 24.1 Å². The van der Waals surface area contributed by atoms with Crippen LogP contribution in [-0.4, -0.2) is 76.7 Å². The molecule has 5 rings (SSSR count). The van der Waals surface area contributed by atoms with E-state index < -0.39 is 59.6 Å². The molecule has 14 heteroatoms. The van der Waals surface area contributed by atoms with Crippen molar-refractivity contribution in [1.82, 2.24) is 25.8 Å². The van der Waals surface area contributed by atoms with Gasteiger partial charge >= 0.3 is 12.1 Å². The van der Waals surface area contributed by atoms with Crippen molar-refractivity contribution >= 4 is 40.5 Å². The van der Waals surface area contributed by atoms with Crippen LogP contribution in [0.4, 0.5) is 13.2 Å². The van der Waals surface area contributed by atoms with Crippen LogP contribution in [0.3, 0.4) is 0 Å². The number of nitrogens with zero attached hydrogens (tertiary/aromatic N) is 2. The first-order chi connectivity index (χ1) is 20.1. The molecule has 1 saturated carbocycles. The number of fused-ring (bicyclic) bond motifs is 2. The van der Waals surface area contributed by atoms with E-state index in [1.54, 1.807) is 29.6 Å². The van der Waals surface area contributed by atoms with Gasteiger partial charge in [0.1, 0.15) is 17.6 Å². The number of oxazole rings is 1. The molecule has 2 aromatic rings. The number of hydrogen-bond acceptors (Lipinski definition) is 7. The number of hydrogen-bond donors (Lipinski definition) is 3. The number of Topliss-reactive ketones (excluding diaryl/α,β-unsaturated/α-hetero) is 1. The Morgan fingerprint density at radius 3 is 2.47 bits per heavy atom. The Labute approximate surface area is 245 Å². The SMILES string of the molecule is CC(C)[C@H](NC(=O)C(F)(F)F)C(=O)N1C[C@H]2[C@@H]([C@H]1C(=O)N[C@@H](C[C@@H]1CCNC1=O)C(=O)c1nc3ccccc3o1)C2(C)C. The third-order valence-corrected chi connectivity index (χ3v) is 9.06. The molecule has 6 atom stereocenters. The van der Waals surface area contributed by atoms with Gasteiger partial charge in [0.25, 0.3) is 5.89 Å². The first-order valence-corrected chi connectivity index (χ1v) is 14.3. The lowest BCUT2D eigenvalue weighted by Gasteiger charge is -2.35. The molecule has 0 unspecified atom stereocenters. The van der Waals surface area contributed by atoms with Crippen LogP contribution < -0.4 is 16.0 Å². The summed E-state index contributed by atoms with van der Waals surface area (Å²) < 4.78 is 44.8. The average molecular weight is 606 g/mol. The van der Waals surface area contributed by atoms with E-state index in [2.05, 4.69) is 15.6 Å². The van der Waals surface area contributed by atoms with E-state index in [-0.39, 0.29) is 42.0 Å². The Hall–Kier alpha value is -3.97. The molecule has 3 fully saturated rings. The Balaban J connectivity index is 1.41. The van der Waals surface area contributed by atoms with Gasteiger partial charge in [-0.15, -0.1) is 0 Å². The van der Waals surface area contributed by atoms with E-state index in [1.165, 1.54) is 18.7 Å². The quantitative estimate of drug-likeness (QED) is 0.371. The topological polar surface area (TPSA) is 151 Å². The maximum atomic E-state index is 14.0. The standard InChI is InChI=1S/C29H34F3N5O6/c1-13(2)20(36-27(42)29(30,31)32)26(41)37-12-15-19(28(15,3)4)21(37)24(40)34-17(11-14-9-10-33-23(14)39)22(38)25-35-16-7-5-6-8-18(16)43-25/h5-8,13-15,17,19-21H,9-12H2,1-4H3,(H,33,39)(H,34,40)(H,36,42)/t14-,15-,17-,19-,20-,21-/m0/s1. The number of halogens is 3. The van der Waals surface area contributed by atoms with E-state index in [4.69, 9.17) is 4.42 Å². The Kier molecular flexibility index (Phi) is 7.76. The zero-order chi connectivity index (χ0) is 31.4. The van der Waals surface area contributed by atoms with Gasteiger partial charge in [0, 0.05) is 19.0 Å². The number of carbonyl (C=O) groups excluding carboxylic acids is 5. The number of aromatic nitrogens is 1. The lowest BCUT2D eigenvalue weighted by Crippen LogP contribution is -2.59. The summed E-state index contributed by atoms with van der Waals surface area (Å²) in [6, 6.07) is 2.88. The van der Waals surface area contributed by atoms with Crippen molar-refractivity contribution in [2.45, 2.75) is 64.8 Å². The smallest absolute Gasteiger partial charge is 0.434 e. The molecular formula is C29H34F3N5O6. The second-order valence-electron chi connectivity index (χ2n) is 12.5. The monoisotopic (exact) mass is 605 g/mol. The number of alkyl halides is 3. The second kappa shape index (κ2) is 10.9. The van der Waals surface area contributed by atoms with Crippen molar-refractivity contribution < 1.29 is 41.6 Å². The summed E-state index contributed by atoms with van der Waals surface area (Å²) in [7, 11) is 0. The summed E-state index contributed by atoms with van der Waals surface area (Å²) in [5.74, 6) is -6.59. The number of amides is 4. The molecule has 4 amide bonds. The van der Waals surface area contributed by atoms with Crippen molar-refractivity contribution in [2.24, 2.45) is 29.1 Å². The molecule has 0 bridgehead atoms. The molecule has 11 nitrogen and oxygen atoms in total. The van der Waals surface area contributed by atoms with E-state index in [9.17, 15) is 37.1 Å². The van der Waals surface area contributed by atoms with Gasteiger partial charge in [-0.2, -0.15) is 13.2 Å². The molecule has 2 aliphatic heterocycles. The highest BCUT2D eigenvalue weighted by atomic mass is 19.4. The zero-order valence-corrected chi connectivity index (χ0v) is 24.2. The molecule has 3 aliphatic rings. The Bertz CT molecular complexity index is 1440. The fourth-order valence-corrected chi connectivity index (χ4v) is 6.50. The molecular weight excluding hydrogens is 571 g/mol. The zero-order valence-electron chi connectivity index (χ0n) is 24.2. The predicted molar refractivity (Wildman–Crippen MR) is 145 cm³/mol. The number of para-hydroxylation sites is 2. The largest absolute Gasteiger partial charge is 0.471 e. The van der Waals surface area contributed by atoms with Gasteiger partial charge in [-0.05, 0) is 48.1 Å². The van der Waals surface area contributed by atoms with Crippen LogP contribution in [0.2, 0.25) is 0 Å². The van der Waals surface area contributed by atoms with Crippen LogP contribution in [0.25, 0.3) is 11.1 Å². The van der Waals surface area contributed by atoms with Crippen LogP contribution in [0.5, 0.6) is 0 Å². The molecule has 1 aromatic heterocycles. The van der Waals surface area contributed by atoms with Gasteiger partial charge in [0.2, 0.25) is 23.5 Å². The van der Waals surface area contributed by atoms with Gasteiger partial charge in [0.05, 0.1) is 6.04 Å². The van der Waals surface area contributed by atoms with Crippen LogP contribution >= 0.6 is 0 Å². The van der Waals surface area contributed by atoms with Crippen molar-refractivity contribution in [1.29, 1.82) is 0 Å². The predicted octanol–water partition coefficient (Wildman–Crippen LogP) is 2.21. The van der Waals surface area contributed by atoms with E-state index in [1.807, 2.05) is 13.8 Å². The maximum absolute atomic E-state index is 14.0. The number of ketones is 1. The van der Waals surface area contributed by atoms with Gasteiger partial charge < -0.3 is 25.3 Å². The van der Waals surface area contributed by atoms with Gasteiger partial charge in [-0.25, -0.2) is 4.98 Å². The lowest BCUT2D eigenvalue weighted by atomic mass is 9.94. The highest BCUT2D eigenvalue weighted by molar-refractivity contribution is 6.02. The third-order valence-electron chi connectivity index (χ3n) is 9.06. The summed E-state index contributed by atoms with van der Waals surface area (Å²) >= 11 is 0. The molecule has 43 heavy (non-hydrogen) atoms. The van der Waals surface area contributed by atoms with E-state index >= 15 is 0 Å². The summed E-state index contributed by atoms with van der Waals surface area (Å²) in [4.78, 5) is 70.8. The first-order valence-electron chi connectivity index (χ1n) is 14.3. The maximum Gasteiger partial charge on any atom is 0.471 e. The number of likely N-dealkylation sites (tertiary alicyclic amines) is 1. The highest BCUT2D eigenvalue weighted by Crippen LogP contribution is 2.65. The van der Waals surface area contributed by atoms with Crippen LogP contribution in [-0.2, 0) is 19.2 Å². The molecule has 0 spiro atoms. The first kappa shape index (κ1) is 30.5. The van der Waals surface area contributed by atoms with E-state index in [0.717, 1.165) is 0 Å². The van der Waals surface area contributed by atoms with Gasteiger partial charge in [-0.1, -0.05) is 39.8 Å². The molecule has 3 heterocycles. The number of piperidine rings is 1. The fraction of sp³-hybridized carbons (Fsp3) is 0.586. The molecule has 3 N–H and O–H groups in total. The van der Waals surface area contributed by atoms with Crippen molar-refractivity contribution in [3.63, 3.8) is 0 Å². The minimum Gasteiger partial charge on any atom is -0.434 e. The fourth-order valence-electron chi connectivity index (χ4n) is 6.50. The third kappa shape index (κ3) is 5.70. The number of carbonyl (C=O) groups is 5. The molecule has 0 radical (unpaired) electrons. The number of benzene rings is 1. The number of rotatable bonds is 9. The summed E-state index contributed by atoms with van der Waals surface area (Å²) in [6.45, 7) is 7.38. The van der Waals surface area contributed by atoms with Crippen LogP contribution in [0.15, 0.2) is 28.7 Å². The lowest BCUT2D eigenvalue weighted by molar-refractivity contribution is -0.175. The average Bonchev–Trinajstić information content (AvgIpc) is 3.45. The van der Waals surface area contributed by atoms with Crippen LogP contribution in [0, 0.1) is 29.1 Å². The molecule has 232 valence electrons. The normalized spacial score (nSPS) is 25.7. The highest BCUT2D eigenvalue weighted by Gasteiger charge is 2.69. The minimum absolute atomic E-state index is 0.0381. The minimum atomic E-state index is -5.19. The molecule has 2 saturated heterocycles. The van der Waals surface area contributed by atoms with Gasteiger partial charge in [0.15, 0.2) is 5.58 Å². The Morgan fingerprint density at radius 2 is 1.86 bits per heavy atom. The van der Waals surface area contributed by atoms with Gasteiger partial charge in [-0.3, -0.25) is 24.0 Å². The van der Waals surface area contributed by atoms with Crippen molar-refractivity contribution in [3.05, 3.63) is 30.2 Å². The molecule has 1 aliphatic carbocycles. The summed E-state index contributed by atoms with van der Waals surface area (Å²) in [5.41, 5.74) is 0.461. The van der Waals surface area contributed by atoms with Crippen LogP contribution in [0.1, 0.15) is 51.2 Å². The van der Waals surface area contributed by atoms with Crippen molar-refractivity contribution in [2.75, 3.05) is 13.1 Å². The Morgan fingerprint density at radius 1 is 1.16 bits per heavy atom. The summed E-state index contributed by atoms with van der Waals surface area (Å²) in [6.07, 6.45) is -4.78. The second-order valence-corrected chi connectivity index (χ2v) is 12.5. The summed E-state index contributed by atoms with van der Waals surface area (Å²) in [5, 5.41) is 7.23. The number of nitrogens with one attached hydrogen (secondary N) is 3.